The molecule has 1 fully saturated rings. The van der Waals surface area contributed by atoms with Gasteiger partial charge in [-0.2, -0.15) is 0 Å². The number of anilines is 1. The number of piperidine rings is 1. The predicted octanol–water partition coefficient (Wildman–Crippen LogP) is 3.08. The van der Waals surface area contributed by atoms with Gasteiger partial charge in [0.25, 0.3) is 5.92 Å². The molecule has 2 nitrogen and oxygen atoms in total. The lowest BCUT2D eigenvalue weighted by Crippen LogP contribution is -2.39. The molecule has 0 radical (unpaired) electrons. The second kappa shape index (κ2) is 4.04. The summed E-state index contributed by atoms with van der Waals surface area (Å²) < 4.78 is 26.7. The summed E-state index contributed by atoms with van der Waals surface area (Å²) in [5.74, 6) is -2.49. The fraction of sp³-hybridized carbons (Fsp3) is 0.500. The first-order valence-corrected chi connectivity index (χ1v) is 5.60. The minimum Gasteiger partial charge on any atom is -0.370 e. The monoisotopic (exact) mass is 276 g/mol. The highest BCUT2D eigenvalue weighted by molar-refractivity contribution is 9.10. The summed E-state index contributed by atoms with van der Waals surface area (Å²) in [5.41, 5.74) is 0.945. The largest absolute Gasteiger partial charge is 0.370 e. The molecule has 0 bridgehead atoms. The molecule has 1 aliphatic heterocycles. The number of hydrogen-bond acceptors (Lipinski definition) is 2. The van der Waals surface area contributed by atoms with Gasteiger partial charge in [-0.05, 0) is 22.0 Å². The lowest BCUT2D eigenvalue weighted by atomic mass is 10.1. The van der Waals surface area contributed by atoms with Crippen molar-refractivity contribution in [2.75, 3.05) is 18.0 Å². The van der Waals surface area contributed by atoms with Crippen LogP contribution in [0.4, 0.5) is 14.5 Å². The number of halogens is 3. The average Bonchev–Trinajstić information content (AvgIpc) is 2.19. The van der Waals surface area contributed by atoms with Crippen molar-refractivity contribution in [3.05, 3.63) is 22.9 Å². The molecule has 2 heterocycles. The molecule has 0 saturated carbocycles. The summed E-state index contributed by atoms with van der Waals surface area (Å²) in [7, 11) is 0. The normalized spacial score (nSPS) is 20.3. The van der Waals surface area contributed by atoms with Gasteiger partial charge in [0.2, 0.25) is 0 Å². The van der Waals surface area contributed by atoms with Gasteiger partial charge in [0.15, 0.2) is 0 Å². The summed E-state index contributed by atoms with van der Waals surface area (Å²) in [6, 6.07) is 1.84. The van der Waals surface area contributed by atoms with Gasteiger partial charge in [0.05, 0.1) is 10.2 Å². The van der Waals surface area contributed by atoms with E-state index in [4.69, 9.17) is 0 Å². The lowest BCUT2D eigenvalue weighted by molar-refractivity contribution is -0.0220. The smallest absolute Gasteiger partial charge is 0.251 e. The molecule has 1 aromatic heterocycles. The van der Waals surface area contributed by atoms with E-state index in [9.17, 15) is 8.78 Å². The number of nitrogens with zero attached hydrogens (tertiary/aromatic N) is 2. The van der Waals surface area contributed by atoms with Crippen LogP contribution in [-0.4, -0.2) is 24.0 Å². The van der Waals surface area contributed by atoms with Crippen LogP contribution in [0.1, 0.15) is 12.8 Å². The van der Waals surface area contributed by atoms with Gasteiger partial charge in [-0.3, -0.25) is 4.98 Å². The molecule has 0 aromatic carbocycles. The van der Waals surface area contributed by atoms with Crippen LogP contribution in [0.5, 0.6) is 0 Å². The van der Waals surface area contributed by atoms with Crippen LogP contribution >= 0.6 is 15.9 Å². The Bertz CT molecular complexity index is 347. The molecule has 0 atom stereocenters. The number of hydrogen-bond donors (Lipinski definition) is 0. The standard InChI is InChI=1S/C10H11BrF2N2/c11-8-7-14-4-1-9(8)15-5-2-10(12,13)3-6-15/h1,4,7H,2-3,5-6H2. The van der Waals surface area contributed by atoms with Gasteiger partial charge in [-0.15, -0.1) is 0 Å². The first-order valence-electron chi connectivity index (χ1n) is 4.81. The maximum atomic E-state index is 12.9. The average molecular weight is 277 g/mol. The maximum Gasteiger partial charge on any atom is 0.251 e. The van der Waals surface area contributed by atoms with Crippen LogP contribution in [0, 0.1) is 0 Å². The molecule has 0 unspecified atom stereocenters. The van der Waals surface area contributed by atoms with E-state index >= 15 is 0 Å². The van der Waals surface area contributed by atoms with E-state index in [0.717, 1.165) is 10.2 Å². The Morgan fingerprint density at radius 2 is 2.00 bits per heavy atom. The van der Waals surface area contributed by atoms with E-state index in [-0.39, 0.29) is 12.8 Å². The molecule has 82 valence electrons. The van der Waals surface area contributed by atoms with Crippen LogP contribution in [0.25, 0.3) is 0 Å². The van der Waals surface area contributed by atoms with Crippen LogP contribution < -0.4 is 4.90 Å². The summed E-state index contributed by atoms with van der Waals surface area (Å²) in [4.78, 5) is 5.91. The third-order valence-electron chi connectivity index (χ3n) is 2.59. The predicted molar refractivity (Wildman–Crippen MR) is 58.3 cm³/mol. The SMILES string of the molecule is FC1(F)CCN(c2ccncc2Br)CC1. The molecule has 2 rings (SSSR count). The van der Waals surface area contributed by atoms with Crippen LogP contribution in [0.2, 0.25) is 0 Å². The van der Waals surface area contributed by atoms with Crippen molar-refractivity contribution in [2.45, 2.75) is 18.8 Å². The van der Waals surface area contributed by atoms with E-state index in [1.54, 1.807) is 12.4 Å². The Hall–Kier alpha value is -0.710. The second-order valence-electron chi connectivity index (χ2n) is 3.67. The third kappa shape index (κ3) is 2.45. The molecular formula is C10H11BrF2N2. The summed E-state index contributed by atoms with van der Waals surface area (Å²) in [6.45, 7) is 0.797. The van der Waals surface area contributed by atoms with E-state index in [0.29, 0.717) is 13.1 Å². The minimum atomic E-state index is -2.49. The van der Waals surface area contributed by atoms with E-state index in [1.807, 2.05) is 11.0 Å². The van der Waals surface area contributed by atoms with Crippen molar-refractivity contribution in [1.29, 1.82) is 0 Å². The molecule has 15 heavy (non-hydrogen) atoms. The molecule has 1 aromatic rings. The van der Waals surface area contributed by atoms with E-state index < -0.39 is 5.92 Å². The van der Waals surface area contributed by atoms with Crippen LogP contribution in [0.3, 0.4) is 0 Å². The first kappa shape index (κ1) is 10.8. The molecule has 5 heteroatoms. The summed E-state index contributed by atoms with van der Waals surface area (Å²) >= 11 is 3.37. The van der Waals surface area contributed by atoms with E-state index in [1.165, 1.54) is 0 Å². The van der Waals surface area contributed by atoms with Gasteiger partial charge in [-0.25, -0.2) is 8.78 Å². The molecular weight excluding hydrogens is 266 g/mol. The Kier molecular flexibility index (Phi) is 2.91. The van der Waals surface area contributed by atoms with Crippen molar-refractivity contribution >= 4 is 21.6 Å². The Morgan fingerprint density at radius 1 is 1.33 bits per heavy atom. The van der Waals surface area contributed by atoms with Gasteiger partial charge in [-0.1, -0.05) is 0 Å². The molecule has 0 N–H and O–H groups in total. The van der Waals surface area contributed by atoms with Gasteiger partial charge < -0.3 is 4.90 Å². The molecule has 0 spiro atoms. The zero-order chi connectivity index (χ0) is 10.9. The Morgan fingerprint density at radius 3 is 2.60 bits per heavy atom. The maximum absolute atomic E-state index is 12.9. The second-order valence-corrected chi connectivity index (χ2v) is 4.52. The Labute approximate surface area is 95.4 Å². The van der Waals surface area contributed by atoms with Crippen molar-refractivity contribution in [1.82, 2.24) is 4.98 Å². The fourth-order valence-corrected chi connectivity index (χ4v) is 2.20. The number of rotatable bonds is 1. The van der Waals surface area contributed by atoms with Crippen LogP contribution in [0.15, 0.2) is 22.9 Å². The molecule has 1 aliphatic rings. The van der Waals surface area contributed by atoms with Gasteiger partial charge in [0.1, 0.15) is 0 Å². The zero-order valence-electron chi connectivity index (χ0n) is 8.09. The van der Waals surface area contributed by atoms with E-state index in [2.05, 4.69) is 20.9 Å². The zero-order valence-corrected chi connectivity index (χ0v) is 9.67. The first-order chi connectivity index (χ1) is 7.08. The highest BCUT2D eigenvalue weighted by atomic mass is 79.9. The minimum absolute atomic E-state index is 0.0677. The summed E-state index contributed by atoms with van der Waals surface area (Å²) in [5, 5.41) is 0. The number of alkyl halides is 2. The number of pyridine rings is 1. The molecule has 0 aliphatic carbocycles. The third-order valence-corrected chi connectivity index (χ3v) is 3.20. The van der Waals surface area contributed by atoms with Crippen LogP contribution in [-0.2, 0) is 0 Å². The lowest BCUT2D eigenvalue weighted by Gasteiger charge is -2.33. The summed E-state index contributed by atoms with van der Waals surface area (Å²) in [6.07, 6.45) is 3.22. The quantitative estimate of drug-likeness (QED) is 0.784. The molecule has 1 saturated heterocycles. The topological polar surface area (TPSA) is 16.1 Å². The van der Waals surface area contributed by atoms with Crippen molar-refractivity contribution in [3.8, 4) is 0 Å². The highest BCUT2D eigenvalue weighted by Gasteiger charge is 2.34. The van der Waals surface area contributed by atoms with Crippen molar-refractivity contribution < 1.29 is 8.78 Å². The van der Waals surface area contributed by atoms with Crippen molar-refractivity contribution in [2.24, 2.45) is 0 Å². The molecule has 0 amide bonds. The van der Waals surface area contributed by atoms with Gasteiger partial charge in [0, 0.05) is 38.3 Å². The number of aromatic nitrogens is 1. The van der Waals surface area contributed by atoms with Crippen molar-refractivity contribution in [3.63, 3.8) is 0 Å². The fourth-order valence-electron chi connectivity index (χ4n) is 1.70. The highest BCUT2D eigenvalue weighted by Crippen LogP contribution is 2.33. The van der Waals surface area contributed by atoms with Gasteiger partial charge >= 0.3 is 0 Å². The Balaban J connectivity index is 2.11.